The maximum atomic E-state index is 5.62. The predicted molar refractivity (Wildman–Crippen MR) is 74.4 cm³/mol. The standard InChI is InChI=1S/C13H17N3S/c1-9(2)11-5-3-10(4-6-11)7-15-13-16-8-12(14)17-13/h3-6,8-9H,7,14H2,1-2H3,(H,15,16). The van der Waals surface area contributed by atoms with E-state index in [0.29, 0.717) is 5.92 Å². The summed E-state index contributed by atoms with van der Waals surface area (Å²) in [6.07, 6.45) is 1.68. The number of benzene rings is 1. The number of aromatic nitrogens is 1. The summed E-state index contributed by atoms with van der Waals surface area (Å²) in [4.78, 5) is 4.16. The third-order valence-electron chi connectivity index (χ3n) is 2.61. The summed E-state index contributed by atoms with van der Waals surface area (Å²) in [6.45, 7) is 5.18. The first-order valence-electron chi connectivity index (χ1n) is 5.69. The summed E-state index contributed by atoms with van der Waals surface area (Å²) in [5.74, 6) is 0.579. The number of nitrogen functional groups attached to an aromatic ring is 1. The Hall–Kier alpha value is -1.55. The average molecular weight is 247 g/mol. The molecule has 4 heteroatoms. The van der Waals surface area contributed by atoms with Crippen molar-refractivity contribution < 1.29 is 0 Å². The summed E-state index contributed by atoms with van der Waals surface area (Å²) < 4.78 is 0. The van der Waals surface area contributed by atoms with Crippen molar-refractivity contribution in [1.82, 2.24) is 4.98 Å². The van der Waals surface area contributed by atoms with Crippen molar-refractivity contribution in [3.8, 4) is 0 Å². The molecule has 2 rings (SSSR count). The molecular formula is C13H17N3S. The lowest BCUT2D eigenvalue weighted by Crippen LogP contribution is -1.99. The molecule has 0 bridgehead atoms. The average Bonchev–Trinajstić information content (AvgIpc) is 2.73. The highest BCUT2D eigenvalue weighted by molar-refractivity contribution is 7.19. The lowest BCUT2D eigenvalue weighted by molar-refractivity contribution is 0.865. The Morgan fingerprint density at radius 3 is 2.53 bits per heavy atom. The van der Waals surface area contributed by atoms with Gasteiger partial charge in [0.25, 0.3) is 0 Å². The number of nitrogens with zero attached hydrogens (tertiary/aromatic N) is 1. The number of anilines is 2. The van der Waals surface area contributed by atoms with Gasteiger partial charge in [-0.15, -0.1) is 0 Å². The highest BCUT2D eigenvalue weighted by atomic mass is 32.1. The first kappa shape index (κ1) is 11.9. The Labute approximate surface area is 106 Å². The van der Waals surface area contributed by atoms with Crippen molar-refractivity contribution >= 4 is 21.5 Å². The van der Waals surface area contributed by atoms with Crippen LogP contribution in [0.1, 0.15) is 30.9 Å². The predicted octanol–water partition coefficient (Wildman–Crippen LogP) is 3.46. The third-order valence-corrected chi connectivity index (χ3v) is 3.40. The maximum Gasteiger partial charge on any atom is 0.184 e. The molecule has 0 amide bonds. The minimum Gasteiger partial charge on any atom is -0.389 e. The SMILES string of the molecule is CC(C)c1ccc(CNc2ncc(N)s2)cc1. The molecule has 0 fully saturated rings. The zero-order valence-corrected chi connectivity index (χ0v) is 10.9. The zero-order chi connectivity index (χ0) is 12.3. The van der Waals surface area contributed by atoms with Crippen molar-refractivity contribution in [2.75, 3.05) is 11.1 Å². The zero-order valence-electron chi connectivity index (χ0n) is 10.1. The molecule has 1 heterocycles. The minimum atomic E-state index is 0.579. The van der Waals surface area contributed by atoms with Gasteiger partial charge >= 0.3 is 0 Å². The molecule has 0 saturated heterocycles. The molecule has 0 aliphatic rings. The van der Waals surface area contributed by atoms with Gasteiger partial charge in [0.05, 0.1) is 6.20 Å². The fraction of sp³-hybridized carbons (Fsp3) is 0.308. The Morgan fingerprint density at radius 2 is 2.00 bits per heavy atom. The van der Waals surface area contributed by atoms with Crippen LogP contribution in [0.3, 0.4) is 0 Å². The molecule has 17 heavy (non-hydrogen) atoms. The van der Waals surface area contributed by atoms with Gasteiger partial charge < -0.3 is 11.1 Å². The molecule has 3 nitrogen and oxygen atoms in total. The largest absolute Gasteiger partial charge is 0.389 e. The van der Waals surface area contributed by atoms with Crippen LogP contribution in [0.2, 0.25) is 0 Å². The van der Waals surface area contributed by atoms with E-state index in [1.54, 1.807) is 6.20 Å². The molecule has 0 aliphatic carbocycles. The summed E-state index contributed by atoms with van der Waals surface area (Å²) in [6, 6.07) is 8.66. The molecular weight excluding hydrogens is 230 g/mol. The second kappa shape index (κ2) is 5.19. The minimum absolute atomic E-state index is 0.579. The number of thiazole rings is 1. The van der Waals surface area contributed by atoms with Crippen molar-refractivity contribution in [1.29, 1.82) is 0 Å². The Balaban J connectivity index is 1.95. The van der Waals surface area contributed by atoms with E-state index >= 15 is 0 Å². The molecule has 3 N–H and O–H groups in total. The highest BCUT2D eigenvalue weighted by Gasteiger charge is 2.00. The number of nitrogens with two attached hydrogens (primary N) is 1. The first-order valence-corrected chi connectivity index (χ1v) is 6.51. The van der Waals surface area contributed by atoms with Crippen molar-refractivity contribution in [2.45, 2.75) is 26.3 Å². The molecule has 0 radical (unpaired) electrons. The monoisotopic (exact) mass is 247 g/mol. The van der Waals surface area contributed by atoms with Crippen LogP contribution in [0, 0.1) is 0 Å². The van der Waals surface area contributed by atoms with Gasteiger partial charge in [0.15, 0.2) is 5.13 Å². The molecule has 0 atom stereocenters. The summed E-state index contributed by atoms with van der Waals surface area (Å²) in [5, 5.41) is 4.87. The van der Waals surface area contributed by atoms with Gasteiger partial charge in [0.1, 0.15) is 5.00 Å². The van der Waals surface area contributed by atoms with Gasteiger partial charge in [0, 0.05) is 6.54 Å². The summed E-state index contributed by atoms with van der Waals surface area (Å²) >= 11 is 1.47. The highest BCUT2D eigenvalue weighted by Crippen LogP contribution is 2.20. The van der Waals surface area contributed by atoms with E-state index < -0.39 is 0 Å². The van der Waals surface area contributed by atoms with Gasteiger partial charge in [-0.2, -0.15) is 0 Å². The lowest BCUT2D eigenvalue weighted by atomic mass is 10.0. The molecule has 0 aliphatic heterocycles. The van der Waals surface area contributed by atoms with Crippen LogP contribution in [0.5, 0.6) is 0 Å². The quantitative estimate of drug-likeness (QED) is 0.870. The third kappa shape index (κ3) is 3.20. The molecule has 0 spiro atoms. The first-order chi connectivity index (χ1) is 8.15. The Morgan fingerprint density at radius 1 is 1.29 bits per heavy atom. The molecule has 1 aromatic carbocycles. The van der Waals surface area contributed by atoms with Crippen LogP contribution in [0.25, 0.3) is 0 Å². The van der Waals surface area contributed by atoms with Crippen LogP contribution in [-0.2, 0) is 6.54 Å². The van der Waals surface area contributed by atoms with Crippen LogP contribution < -0.4 is 11.1 Å². The van der Waals surface area contributed by atoms with Crippen LogP contribution in [-0.4, -0.2) is 4.98 Å². The van der Waals surface area contributed by atoms with Gasteiger partial charge in [-0.05, 0) is 17.0 Å². The second-order valence-electron chi connectivity index (χ2n) is 4.32. The second-order valence-corrected chi connectivity index (χ2v) is 5.38. The van der Waals surface area contributed by atoms with Crippen LogP contribution in [0.4, 0.5) is 10.1 Å². The van der Waals surface area contributed by atoms with Crippen LogP contribution in [0.15, 0.2) is 30.5 Å². The van der Waals surface area contributed by atoms with Gasteiger partial charge in [-0.25, -0.2) is 4.98 Å². The van der Waals surface area contributed by atoms with Crippen molar-refractivity contribution in [3.63, 3.8) is 0 Å². The Kier molecular flexibility index (Phi) is 3.64. The smallest absolute Gasteiger partial charge is 0.184 e. The molecule has 90 valence electrons. The number of nitrogens with one attached hydrogen (secondary N) is 1. The summed E-state index contributed by atoms with van der Waals surface area (Å²) in [7, 11) is 0. The number of hydrogen-bond acceptors (Lipinski definition) is 4. The van der Waals surface area contributed by atoms with E-state index in [1.165, 1.54) is 22.5 Å². The fourth-order valence-corrected chi connectivity index (χ4v) is 2.14. The van der Waals surface area contributed by atoms with E-state index in [0.717, 1.165) is 16.7 Å². The molecule has 1 aromatic heterocycles. The van der Waals surface area contributed by atoms with Gasteiger partial charge in [0.2, 0.25) is 0 Å². The van der Waals surface area contributed by atoms with E-state index in [9.17, 15) is 0 Å². The Bertz CT molecular complexity index is 474. The normalized spacial score (nSPS) is 10.8. The molecule has 2 aromatic rings. The lowest BCUT2D eigenvalue weighted by Gasteiger charge is -2.07. The van der Waals surface area contributed by atoms with E-state index in [2.05, 4.69) is 48.4 Å². The topological polar surface area (TPSA) is 50.9 Å². The van der Waals surface area contributed by atoms with Crippen LogP contribution >= 0.6 is 11.3 Å². The molecule has 0 saturated carbocycles. The van der Waals surface area contributed by atoms with Crippen molar-refractivity contribution in [2.24, 2.45) is 0 Å². The van der Waals surface area contributed by atoms with Gasteiger partial charge in [-0.3, -0.25) is 0 Å². The van der Waals surface area contributed by atoms with E-state index in [4.69, 9.17) is 5.73 Å². The van der Waals surface area contributed by atoms with E-state index in [-0.39, 0.29) is 0 Å². The summed E-state index contributed by atoms with van der Waals surface area (Å²) in [5.41, 5.74) is 8.24. The van der Waals surface area contributed by atoms with Gasteiger partial charge in [-0.1, -0.05) is 49.4 Å². The number of rotatable bonds is 4. The van der Waals surface area contributed by atoms with Crippen molar-refractivity contribution in [3.05, 3.63) is 41.6 Å². The number of hydrogen-bond donors (Lipinski definition) is 2. The fourth-order valence-electron chi connectivity index (χ4n) is 1.57. The molecule has 0 unspecified atom stereocenters. The maximum absolute atomic E-state index is 5.62. The van der Waals surface area contributed by atoms with E-state index in [1.807, 2.05) is 0 Å².